The molecule has 27 heavy (non-hydrogen) atoms. The topological polar surface area (TPSA) is 73.1 Å². The van der Waals surface area contributed by atoms with Gasteiger partial charge in [-0.05, 0) is 46.7 Å². The van der Waals surface area contributed by atoms with Crippen molar-refractivity contribution in [1.82, 2.24) is 25.1 Å². The average Bonchev–Trinajstić information content (AvgIpc) is 3.15. The van der Waals surface area contributed by atoms with Crippen LogP contribution in [0.25, 0.3) is 5.69 Å². The molecule has 0 bridgehead atoms. The molecular weight excluding hydrogens is 362 g/mol. The van der Waals surface area contributed by atoms with Gasteiger partial charge in [0.1, 0.15) is 5.75 Å². The number of tetrazole rings is 1. The maximum absolute atomic E-state index is 12.5. The number of thioether (sulfide) groups is 1. The number of aryl methyl sites for hydroxylation is 1. The van der Waals surface area contributed by atoms with Gasteiger partial charge in [-0.1, -0.05) is 42.1 Å². The lowest BCUT2D eigenvalue weighted by Gasteiger charge is -2.17. The van der Waals surface area contributed by atoms with Crippen LogP contribution in [-0.2, 0) is 11.3 Å². The highest BCUT2D eigenvalue weighted by Gasteiger charge is 2.15. The Kier molecular flexibility index (Phi) is 6.08. The van der Waals surface area contributed by atoms with E-state index in [0.717, 1.165) is 22.6 Å². The molecule has 0 aliphatic rings. The molecule has 1 amide bonds. The number of hydrogen-bond acceptors (Lipinski definition) is 6. The lowest BCUT2D eigenvalue weighted by atomic mass is 10.2. The van der Waals surface area contributed by atoms with E-state index >= 15 is 0 Å². The number of aromatic nitrogens is 4. The van der Waals surface area contributed by atoms with Gasteiger partial charge in [0.05, 0.1) is 18.6 Å². The Bertz CT molecular complexity index is 928. The highest BCUT2D eigenvalue weighted by atomic mass is 32.2. The maximum Gasteiger partial charge on any atom is 0.233 e. The predicted octanol–water partition coefficient (Wildman–Crippen LogP) is 2.73. The lowest BCUT2D eigenvalue weighted by molar-refractivity contribution is -0.127. The molecule has 0 aliphatic heterocycles. The molecule has 3 aromatic rings. The van der Waals surface area contributed by atoms with Crippen molar-refractivity contribution in [2.75, 3.05) is 19.9 Å². The molecule has 0 saturated carbocycles. The van der Waals surface area contributed by atoms with Gasteiger partial charge in [-0.25, -0.2) is 0 Å². The van der Waals surface area contributed by atoms with Crippen LogP contribution < -0.4 is 4.74 Å². The summed E-state index contributed by atoms with van der Waals surface area (Å²) in [6, 6.07) is 15.5. The fourth-order valence-corrected chi connectivity index (χ4v) is 3.41. The number of carbonyl (C=O) groups excluding carboxylic acids is 1. The maximum atomic E-state index is 12.5. The normalized spacial score (nSPS) is 10.6. The first-order valence-electron chi connectivity index (χ1n) is 8.42. The Labute approximate surface area is 162 Å². The van der Waals surface area contributed by atoms with Gasteiger partial charge in [0.25, 0.3) is 0 Å². The molecule has 0 aliphatic carbocycles. The minimum absolute atomic E-state index is 0.00199. The van der Waals surface area contributed by atoms with Crippen LogP contribution in [0.15, 0.2) is 53.7 Å². The monoisotopic (exact) mass is 383 g/mol. The SMILES string of the molecule is COc1cccc(CN(C)C(=O)CSc2nnnn2-c2ccccc2C)c1. The Balaban J connectivity index is 1.63. The summed E-state index contributed by atoms with van der Waals surface area (Å²) in [4.78, 5) is 14.2. The van der Waals surface area contributed by atoms with Crippen molar-refractivity contribution in [3.63, 3.8) is 0 Å². The predicted molar refractivity (Wildman–Crippen MR) is 104 cm³/mol. The van der Waals surface area contributed by atoms with Gasteiger partial charge < -0.3 is 9.64 Å². The van der Waals surface area contributed by atoms with Crippen molar-refractivity contribution >= 4 is 17.7 Å². The van der Waals surface area contributed by atoms with Gasteiger partial charge in [-0.3, -0.25) is 4.79 Å². The van der Waals surface area contributed by atoms with Gasteiger partial charge in [-0.15, -0.1) is 5.10 Å². The van der Waals surface area contributed by atoms with Gasteiger partial charge in [0.15, 0.2) is 0 Å². The minimum Gasteiger partial charge on any atom is -0.497 e. The molecule has 2 aromatic carbocycles. The first kappa shape index (κ1) is 18.9. The summed E-state index contributed by atoms with van der Waals surface area (Å²) in [5.41, 5.74) is 2.98. The van der Waals surface area contributed by atoms with E-state index in [-0.39, 0.29) is 11.7 Å². The third-order valence-electron chi connectivity index (χ3n) is 4.09. The summed E-state index contributed by atoms with van der Waals surface area (Å²) in [7, 11) is 3.41. The molecule has 1 heterocycles. The van der Waals surface area contributed by atoms with Gasteiger partial charge in [-0.2, -0.15) is 4.68 Å². The van der Waals surface area contributed by atoms with E-state index in [2.05, 4.69) is 15.5 Å². The standard InChI is InChI=1S/C19H21N5O2S/c1-14-7-4-5-10-17(14)24-19(20-21-22-24)27-13-18(25)23(2)12-15-8-6-9-16(11-15)26-3/h4-11H,12-13H2,1-3H3. The van der Waals surface area contributed by atoms with E-state index in [1.54, 1.807) is 23.7 Å². The second kappa shape index (κ2) is 8.68. The smallest absolute Gasteiger partial charge is 0.233 e. The van der Waals surface area contributed by atoms with Crippen LogP contribution in [0, 0.1) is 6.92 Å². The van der Waals surface area contributed by atoms with E-state index in [1.165, 1.54) is 11.8 Å². The molecule has 0 unspecified atom stereocenters. The van der Waals surface area contributed by atoms with Crippen LogP contribution in [-0.4, -0.2) is 50.9 Å². The first-order valence-corrected chi connectivity index (χ1v) is 9.41. The summed E-state index contributed by atoms with van der Waals surface area (Å²) < 4.78 is 6.89. The number of para-hydroxylation sites is 1. The summed E-state index contributed by atoms with van der Waals surface area (Å²) in [5.74, 6) is 1.04. The second-order valence-corrected chi connectivity index (χ2v) is 6.99. The summed E-state index contributed by atoms with van der Waals surface area (Å²) in [5, 5.41) is 12.4. The van der Waals surface area contributed by atoms with Crippen LogP contribution >= 0.6 is 11.8 Å². The molecule has 7 nitrogen and oxygen atoms in total. The number of nitrogens with zero attached hydrogens (tertiary/aromatic N) is 5. The van der Waals surface area contributed by atoms with Crippen molar-refractivity contribution in [3.8, 4) is 11.4 Å². The minimum atomic E-state index is 0.00199. The zero-order chi connectivity index (χ0) is 19.2. The van der Waals surface area contributed by atoms with Crippen molar-refractivity contribution < 1.29 is 9.53 Å². The van der Waals surface area contributed by atoms with Gasteiger partial charge >= 0.3 is 0 Å². The van der Waals surface area contributed by atoms with Crippen LogP contribution in [0.4, 0.5) is 0 Å². The summed E-state index contributed by atoms with van der Waals surface area (Å²) >= 11 is 1.32. The van der Waals surface area contributed by atoms with Crippen LogP contribution in [0.3, 0.4) is 0 Å². The molecule has 0 saturated heterocycles. The fourth-order valence-electron chi connectivity index (χ4n) is 2.59. The number of methoxy groups -OCH3 is 1. The molecule has 1 aromatic heterocycles. The Morgan fingerprint density at radius 1 is 1.22 bits per heavy atom. The van der Waals surface area contributed by atoms with Crippen LogP contribution in [0.5, 0.6) is 5.75 Å². The number of amides is 1. The third kappa shape index (κ3) is 4.65. The molecule has 0 fully saturated rings. The Hall–Kier alpha value is -2.87. The van der Waals surface area contributed by atoms with Crippen molar-refractivity contribution in [3.05, 3.63) is 59.7 Å². The fraction of sp³-hybridized carbons (Fsp3) is 0.263. The molecule has 0 radical (unpaired) electrons. The highest BCUT2D eigenvalue weighted by molar-refractivity contribution is 7.99. The number of rotatable bonds is 7. The van der Waals surface area contributed by atoms with Crippen LogP contribution in [0.1, 0.15) is 11.1 Å². The molecule has 0 N–H and O–H groups in total. The molecular formula is C19H21N5O2S. The zero-order valence-electron chi connectivity index (χ0n) is 15.5. The Morgan fingerprint density at radius 3 is 2.81 bits per heavy atom. The van der Waals surface area contributed by atoms with Crippen molar-refractivity contribution in [2.45, 2.75) is 18.6 Å². The van der Waals surface area contributed by atoms with Crippen molar-refractivity contribution in [1.29, 1.82) is 0 Å². The summed E-state index contributed by atoms with van der Waals surface area (Å²) in [6.07, 6.45) is 0. The van der Waals surface area contributed by atoms with E-state index in [9.17, 15) is 4.79 Å². The number of carbonyl (C=O) groups is 1. The molecule has 0 spiro atoms. The molecule has 140 valence electrons. The average molecular weight is 383 g/mol. The zero-order valence-corrected chi connectivity index (χ0v) is 16.3. The first-order chi connectivity index (χ1) is 13.1. The van der Waals surface area contributed by atoms with Gasteiger partial charge in [0.2, 0.25) is 11.1 Å². The van der Waals surface area contributed by atoms with Crippen molar-refractivity contribution in [2.24, 2.45) is 0 Å². The lowest BCUT2D eigenvalue weighted by Crippen LogP contribution is -2.27. The molecule has 0 atom stereocenters. The Morgan fingerprint density at radius 2 is 2.04 bits per heavy atom. The molecule has 8 heteroatoms. The number of benzene rings is 2. The van der Waals surface area contributed by atoms with E-state index < -0.39 is 0 Å². The highest BCUT2D eigenvalue weighted by Crippen LogP contribution is 2.21. The number of hydrogen-bond donors (Lipinski definition) is 0. The van der Waals surface area contributed by atoms with Crippen LogP contribution in [0.2, 0.25) is 0 Å². The summed E-state index contributed by atoms with van der Waals surface area (Å²) in [6.45, 7) is 2.51. The van der Waals surface area contributed by atoms with E-state index in [0.29, 0.717) is 11.7 Å². The number of ether oxygens (including phenoxy) is 1. The third-order valence-corrected chi connectivity index (χ3v) is 4.99. The van der Waals surface area contributed by atoms with E-state index in [4.69, 9.17) is 4.74 Å². The van der Waals surface area contributed by atoms with E-state index in [1.807, 2.05) is 55.5 Å². The van der Waals surface area contributed by atoms with Gasteiger partial charge in [0, 0.05) is 13.6 Å². The second-order valence-electron chi connectivity index (χ2n) is 6.05. The quantitative estimate of drug-likeness (QED) is 0.584. The molecule has 3 rings (SSSR count). The largest absolute Gasteiger partial charge is 0.497 e.